The zero-order valence-corrected chi connectivity index (χ0v) is 12.2. The van der Waals surface area contributed by atoms with E-state index >= 15 is 0 Å². The first kappa shape index (κ1) is 13.9. The summed E-state index contributed by atoms with van der Waals surface area (Å²) in [6.07, 6.45) is 5.84. The van der Waals surface area contributed by atoms with Gasteiger partial charge in [-0.2, -0.15) is 0 Å². The van der Waals surface area contributed by atoms with Gasteiger partial charge in [0, 0.05) is 12.1 Å². The number of rotatable bonds is 0. The molecule has 4 nitrogen and oxygen atoms in total. The van der Waals surface area contributed by atoms with Crippen LogP contribution in [0.5, 0.6) is 0 Å². The van der Waals surface area contributed by atoms with Crippen LogP contribution in [0.4, 0.5) is 0 Å². The van der Waals surface area contributed by atoms with Crippen LogP contribution in [0.3, 0.4) is 0 Å². The van der Waals surface area contributed by atoms with Crippen molar-refractivity contribution in [3.8, 4) is 0 Å². The summed E-state index contributed by atoms with van der Waals surface area (Å²) in [5.74, 6) is -0.248. The number of hydrogen-bond donors (Lipinski definition) is 0. The van der Waals surface area contributed by atoms with Crippen LogP contribution in [0.15, 0.2) is 36.4 Å². The Bertz CT molecular complexity index is 608. The fourth-order valence-corrected chi connectivity index (χ4v) is 3.22. The molecular weight excluding hydrogens is 266 g/mol. The molecule has 110 valence electrons. The predicted molar refractivity (Wildman–Crippen MR) is 78.8 cm³/mol. The molecule has 2 aliphatic heterocycles. The van der Waals surface area contributed by atoms with E-state index in [-0.39, 0.29) is 18.3 Å². The summed E-state index contributed by atoms with van der Waals surface area (Å²) in [6, 6.07) is 7.56. The number of fused-ring (bicyclic) bond motifs is 3. The Labute approximate surface area is 124 Å². The van der Waals surface area contributed by atoms with Crippen LogP contribution in [0, 0.1) is 0 Å². The highest BCUT2D eigenvalue weighted by molar-refractivity contribution is 6.00. The molecule has 0 saturated heterocycles. The van der Waals surface area contributed by atoms with E-state index < -0.39 is 5.54 Å². The van der Waals surface area contributed by atoms with Crippen LogP contribution < -0.4 is 0 Å². The Kier molecular flexibility index (Phi) is 3.53. The number of esters is 1. The standard InChI is InChI=1S/C17H19NO3/c1-17-12-15(19)21-11-7-3-2-6-10-18(17)16(20)13-8-4-5-9-14(13)17/h3-5,7-9H,2,6,10-12H2,1H3/b7-3+. The lowest BCUT2D eigenvalue weighted by molar-refractivity contribution is -0.145. The maximum atomic E-state index is 12.6. The molecule has 21 heavy (non-hydrogen) atoms. The average molecular weight is 285 g/mol. The molecule has 4 heteroatoms. The third kappa shape index (κ3) is 2.35. The van der Waals surface area contributed by atoms with Crippen molar-refractivity contribution in [3.63, 3.8) is 0 Å². The van der Waals surface area contributed by atoms with Gasteiger partial charge in [-0.05, 0) is 31.4 Å². The Morgan fingerprint density at radius 2 is 2.00 bits per heavy atom. The first-order valence-electron chi connectivity index (χ1n) is 7.35. The fraction of sp³-hybridized carbons (Fsp3) is 0.412. The SMILES string of the molecule is CC12CC(=O)OC/C=C/CCCN1C(=O)c1ccccc12. The molecule has 0 radical (unpaired) electrons. The summed E-state index contributed by atoms with van der Waals surface area (Å²) in [6.45, 7) is 2.93. The molecule has 0 aliphatic carbocycles. The van der Waals surface area contributed by atoms with Crippen molar-refractivity contribution in [1.29, 1.82) is 0 Å². The molecule has 0 spiro atoms. The third-order valence-electron chi connectivity index (χ3n) is 4.33. The molecule has 0 bridgehead atoms. The zero-order chi connectivity index (χ0) is 14.9. The number of allylic oxidation sites excluding steroid dienone is 1. The van der Waals surface area contributed by atoms with Gasteiger partial charge in [0.2, 0.25) is 0 Å². The number of cyclic esters (lactones) is 1. The monoisotopic (exact) mass is 285 g/mol. The van der Waals surface area contributed by atoms with Crippen molar-refractivity contribution in [3.05, 3.63) is 47.5 Å². The van der Waals surface area contributed by atoms with E-state index in [9.17, 15) is 9.59 Å². The van der Waals surface area contributed by atoms with Crippen LogP contribution in [0.2, 0.25) is 0 Å². The Morgan fingerprint density at radius 3 is 2.86 bits per heavy atom. The van der Waals surface area contributed by atoms with Gasteiger partial charge in [-0.1, -0.05) is 30.4 Å². The Morgan fingerprint density at radius 1 is 1.19 bits per heavy atom. The molecule has 1 aromatic carbocycles. The number of amides is 1. The van der Waals surface area contributed by atoms with Gasteiger partial charge < -0.3 is 9.64 Å². The van der Waals surface area contributed by atoms with Crippen LogP contribution in [0.25, 0.3) is 0 Å². The third-order valence-corrected chi connectivity index (χ3v) is 4.33. The molecular formula is C17H19NO3. The van der Waals surface area contributed by atoms with Gasteiger partial charge >= 0.3 is 5.97 Å². The highest BCUT2D eigenvalue weighted by Crippen LogP contribution is 2.41. The highest BCUT2D eigenvalue weighted by Gasteiger charge is 2.47. The first-order chi connectivity index (χ1) is 10.1. The molecule has 2 aliphatic rings. The molecule has 0 saturated carbocycles. The van der Waals surface area contributed by atoms with Crippen LogP contribution in [-0.4, -0.2) is 29.9 Å². The maximum absolute atomic E-state index is 12.6. The minimum absolute atomic E-state index is 0.0177. The molecule has 0 N–H and O–H groups in total. The van der Waals surface area contributed by atoms with Gasteiger partial charge in [0.1, 0.15) is 6.61 Å². The summed E-state index contributed by atoms with van der Waals surface area (Å²) in [5.41, 5.74) is 1.04. The molecule has 1 unspecified atom stereocenters. The quantitative estimate of drug-likeness (QED) is 0.544. The van der Waals surface area contributed by atoms with Crippen LogP contribution in [0.1, 0.15) is 42.1 Å². The van der Waals surface area contributed by atoms with Crippen molar-refractivity contribution in [2.45, 2.75) is 31.7 Å². The number of hydrogen-bond acceptors (Lipinski definition) is 3. The second-order valence-electron chi connectivity index (χ2n) is 5.75. The molecule has 0 fully saturated rings. The van der Waals surface area contributed by atoms with Crippen LogP contribution >= 0.6 is 0 Å². The summed E-state index contributed by atoms with van der Waals surface area (Å²) in [7, 11) is 0. The summed E-state index contributed by atoms with van der Waals surface area (Å²) in [4.78, 5) is 26.6. The second-order valence-corrected chi connectivity index (χ2v) is 5.75. The number of ether oxygens (including phenoxy) is 1. The molecule has 1 amide bonds. The van der Waals surface area contributed by atoms with E-state index in [0.29, 0.717) is 18.7 Å². The fourth-order valence-electron chi connectivity index (χ4n) is 3.22. The molecule has 2 heterocycles. The zero-order valence-electron chi connectivity index (χ0n) is 12.2. The van der Waals surface area contributed by atoms with Crippen molar-refractivity contribution >= 4 is 11.9 Å². The minimum atomic E-state index is -0.602. The molecule has 0 aromatic heterocycles. The average Bonchev–Trinajstić information content (AvgIpc) is 2.66. The lowest BCUT2D eigenvalue weighted by Gasteiger charge is -2.35. The van der Waals surface area contributed by atoms with E-state index in [4.69, 9.17) is 4.74 Å². The van der Waals surface area contributed by atoms with Crippen molar-refractivity contribution in [1.82, 2.24) is 4.90 Å². The topological polar surface area (TPSA) is 46.6 Å². The predicted octanol–water partition coefficient (Wildman–Crippen LogP) is 2.64. The minimum Gasteiger partial charge on any atom is -0.461 e. The van der Waals surface area contributed by atoms with E-state index in [2.05, 4.69) is 0 Å². The van der Waals surface area contributed by atoms with Gasteiger partial charge in [0.05, 0.1) is 12.0 Å². The maximum Gasteiger partial charge on any atom is 0.308 e. The van der Waals surface area contributed by atoms with Crippen molar-refractivity contribution in [2.75, 3.05) is 13.2 Å². The lowest BCUT2D eigenvalue weighted by atomic mass is 9.88. The van der Waals surface area contributed by atoms with Crippen molar-refractivity contribution in [2.24, 2.45) is 0 Å². The number of benzene rings is 1. The molecule has 1 aromatic rings. The summed E-state index contributed by atoms with van der Waals surface area (Å²) >= 11 is 0. The summed E-state index contributed by atoms with van der Waals surface area (Å²) in [5, 5.41) is 0. The summed E-state index contributed by atoms with van der Waals surface area (Å²) < 4.78 is 5.23. The smallest absolute Gasteiger partial charge is 0.308 e. The Hall–Kier alpha value is -2.10. The van der Waals surface area contributed by atoms with Gasteiger partial charge in [-0.25, -0.2) is 0 Å². The van der Waals surface area contributed by atoms with E-state index in [1.165, 1.54) is 0 Å². The normalized spacial score (nSPS) is 27.4. The van der Waals surface area contributed by atoms with E-state index in [0.717, 1.165) is 18.4 Å². The van der Waals surface area contributed by atoms with E-state index in [1.54, 1.807) is 0 Å². The van der Waals surface area contributed by atoms with Gasteiger partial charge in [0.25, 0.3) is 5.91 Å². The largest absolute Gasteiger partial charge is 0.461 e. The van der Waals surface area contributed by atoms with E-state index in [1.807, 2.05) is 48.2 Å². The number of carbonyl (C=O) groups excluding carboxylic acids is 2. The number of carbonyl (C=O) groups is 2. The van der Waals surface area contributed by atoms with Gasteiger partial charge in [-0.3, -0.25) is 9.59 Å². The molecule has 3 rings (SSSR count). The lowest BCUT2D eigenvalue weighted by Crippen LogP contribution is -2.43. The van der Waals surface area contributed by atoms with Gasteiger partial charge in [0.15, 0.2) is 0 Å². The first-order valence-corrected chi connectivity index (χ1v) is 7.35. The molecule has 1 atom stereocenters. The van der Waals surface area contributed by atoms with Crippen LogP contribution in [-0.2, 0) is 15.1 Å². The highest BCUT2D eigenvalue weighted by atomic mass is 16.5. The second kappa shape index (κ2) is 5.35. The van der Waals surface area contributed by atoms with Crippen molar-refractivity contribution < 1.29 is 14.3 Å². The van der Waals surface area contributed by atoms with Gasteiger partial charge in [-0.15, -0.1) is 0 Å². The number of nitrogens with zero attached hydrogens (tertiary/aromatic N) is 1. The Balaban J connectivity index is 2.01.